The van der Waals surface area contributed by atoms with Gasteiger partial charge in [0.2, 0.25) is 5.91 Å². The van der Waals surface area contributed by atoms with Crippen LogP contribution in [-0.2, 0) is 11.0 Å². The van der Waals surface area contributed by atoms with E-state index < -0.39 is 11.7 Å². The molecule has 3 rings (SSSR count). The Morgan fingerprint density at radius 2 is 1.87 bits per heavy atom. The van der Waals surface area contributed by atoms with Crippen LogP contribution in [0.2, 0.25) is 0 Å². The highest BCUT2D eigenvalue weighted by Crippen LogP contribution is 2.32. The number of anilines is 1. The quantitative estimate of drug-likeness (QED) is 0.910. The molecule has 1 amide bonds. The fraction of sp³-hybridized carbons (Fsp3) is 0.588. The van der Waals surface area contributed by atoms with E-state index in [4.69, 9.17) is 0 Å². The van der Waals surface area contributed by atoms with Gasteiger partial charge >= 0.3 is 6.18 Å². The Morgan fingerprint density at radius 3 is 2.48 bits per heavy atom. The van der Waals surface area contributed by atoms with Crippen LogP contribution in [0, 0.1) is 5.92 Å². The number of carbonyl (C=O) groups is 1. The minimum atomic E-state index is -4.39. The number of nitrogens with one attached hydrogen (secondary N) is 1. The van der Waals surface area contributed by atoms with Crippen molar-refractivity contribution in [1.29, 1.82) is 0 Å². The monoisotopic (exact) mass is 326 g/mol. The number of benzene rings is 1. The van der Waals surface area contributed by atoms with Crippen molar-refractivity contribution in [3.8, 4) is 0 Å². The van der Waals surface area contributed by atoms with Gasteiger partial charge in [-0.1, -0.05) is 6.07 Å². The van der Waals surface area contributed by atoms with Crippen LogP contribution >= 0.6 is 0 Å². The van der Waals surface area contributed by atoms with E-state index >= 15 is 0 Å². The minimum Gasteiger partial charge on any atom is -0.326 e. The summed E-state index contributed by atoms with van der Waals surface area (Å²) in [5.41, 5.74) is -0.534. The second-order valence-electron chi connectivity index (χ2n) is 6.54. The van der Waals surface area contributed by atoms with Crippen LogP contribution in [0.3, 0.4) is 0 Å². The van der Waals surface area contributed by atoms with E-state index in [9.17, 15) is 18.0 Å². The van der Waals surface area contributed by atoms with Crippen LogP contribution in [0.15, 0.2) is 24.3 Å². The summed E-state index contributed by atoms with van der Waals surface area (Å²) in [4.78, 5) is 14.6. The van der Waals surface area contributed by atoms with Gasteiger partial charge in [0.05, 0.1) is 5.56 Å². The fourth-order valence-electron chi connectivity index (χ4n) is 3.21. The van der Waals surface area contributed by atoms with E-state index in [0.29, 0.717) is 12.3 Å². The van der Waals surface area contributed by atoms with Crippen molar-refractivity contribution in [2.24, 2.45) is 5.92 Å². The molecule has 1 N–H and O–H groups in total. The van der Waals surface area contributed by atoms with E-state index in [1.807, 2.05) is 0 Å². The highest BCUT2D eigenvalue weighted by Gasteiger charge is 2.32. The third-order valence-electron chi connectivity index (χ3n) is 4.66. The lowest BCUT2D eigenvalue weighted by Gasteiger charge is -2.31. The van der Waals surface area contributed by atoms with Gasteiger partial charge < -0.3 is 10.2 Å². The number of carbonyl (C=O) groups excluding carboxylic acids is 1. The zero-order chi connectivity index (χ0) is 16.4. The maximum atomic E-state index is 12.7. The molecule has 1 aromatic rings. The van der Waals surface area contributed by atoms with Gasteiger partial charge in [-0.15, -0.1) is 0 Å². The molecule has 0 atom stereocenters. The molecular weight excluding hydrogens is 305 g/mol. The number of likely N-dealkylation sites (tertiary alicyclic amines) is 1. The third-order valence-corrected chi connectivity index (χ3v) is 4.66. The van der Waals surface area contributed by atoms with Crippen LogP contribution in [0.1, 0.15) is 37.7 Å². The number of hydrogen-bond donors (Lipinski definition) is 1. The number of piperidine rings is 1. The molecule has 1 saturated heterocycles. The van der Waals surface area contributed by atoms with Gasteiger partial charge in [-0.3, -0.25) is 4.79 Å². The molecule has 1 heterocycles. The Labute approximate surface area is 133 Å². The zero-order valence-corrected chi connectivity index (χ0v) is 12.9. The van der Waals surface area contributed by atoms with Gasteiger partial charge in [-0.05, 0) is 62.9 Å². The minimum absolute atomic E-state index is 0.200. The molecule has 2 fully saturated rings. The summed E-state index contributed by atoms with van der Waals surface area (Å²) in [7, 11) is 0. The Kier molecular flexibility index (Phi) is 4.62. The van der Waals surface area contributed by atoms with Crippen LogP contribution in [0.4, 0.5) is 18.9 Å². The van der Waals surface area contributed by atoms with Crippen molar-refractivity contribution >= 4 is 11.6 Å². The van der Waals surface area contributed by atoms with Crippen LogP contribution in [0.5, 0.6) is 0 Å². The van der Waals surface area contributed by atoms with Crippen molar-refractivity contribution < 1.29 is 18.0 Å². The molecule has 1 aliphatic heterocycles. The van der Waals surface area contributed by atoms with Crippen molar-refractivity contribution in [3.63, 3.8) is 0 Å². The number of amides is 1. The first-order valence-corrected chi connectivity index (χ1v) is 8.13. The van der Waals surface area contributed by atoms with Gasteiger partial charge in [-0.25, -0.2) is 0 Å². The number of alkyl halides is 3. The maximum Gasteiger partial charge on any atom is 0.416 e. The average molecular weight is 326 g/mol. The van der Waals surface area contributed by atoms with Crippen molar-refractivity contribution in [3.05, 3.63) is 29.8 Å². The lowest BCUT2D eigenvalue weighted by molar-refractivity contribution is -0.137. The molecular formula is C17H21F3N2O. The van der Waals surface area contributed by atoms with Crippen LogP contribution in [0.25, 0.3) is 0 Å². The molecule has 1 aromatic carbocycles. The fourth-order valence-corrected chi connectivity index (χ4v) is 3.21. The summed E-state index contributed by atoms with van der Waals surface area (Å²) < 4.78 is 38.0. The van der Waals surface area contributed by atoms with Crippen molar-refractivity contribution in [1.82, 2.24) is 4.90 Å². The van der Waals surface area contributed by atoms with Crippen LogP contribution < -0.4 is 5.32 Å². The highest BCUT2D eigenvalue weighted by molar-refractivity contribution is 5.90. The normalized spacial score (nSPS) is 20.5. The molecule has 126 valence electrons. The number of halogens is 3. The standard InChI is InChI=1S/C17H21F3N2O/c18-17(19,20)13-2-1-3-14(11-13)21-16(23)10-12-6-8-22(9-7-12)15-4-5-15/h1-3,11-12,15H,4-10H2,(H,21,23). The Balaban J connectivity index is 1.49. The second-order valence-corrected chi connectivity index (χ2v) is 6.54. The smallest absolute Gasteiger partial charge is 0.326 e. The topological polar surface area (TPSA) is 32.3 Å². The predicted molar refractivity (Wildman–Crippen MR) is 82.0 cm³/mol. The molecule has 0 radical (unpaired) electrons. The number of hydrogen-bond acceptors (Lipinski definition) is 2. The third kappa shape index (κ3) is 4.47. The average Bonchev–Trinajstić information content (AvgIpc) is 3.32. The summed E-state index contributed by atoms with van der Waals surface area (Å²) in [5, 5.41) is 2.60. The lowest BCUT2D eigenvalue weighted by Crippen LogP contribution is -2.36. The molecule has 2 aliphatic rings. The van der Waals surface area contributed by atoms with Gasteiger partial charge in [0.25, 0.3) is 0 Å². The molecule has 1 saturated carbocycles. The molecule has 0 unspecified atom stereocenters. The molecule has 3 nitrogen and oxygen atoms in total. The van der Waals surface area contributed by atoms with Crippen molar-refractivity contribution in [2.45, 2.75) is 44.3 Å². The first-order chi connectivity index (χ1) is 10.9. The van der Waals surface area contributed by atoms with Crippen LogP contribution in [-0.4, -0.2) is 29.9 Å². The Hall–Kier alpha value is -1.56. The van der Waals surface area contributed by atoms with Gasteiger partial charge in [0.1, 0.15) is 0 Å². The summed E-state index contributed by atoms with van der Waals surface area (Å²) >= 11 is 0. The number of rotatable bonds is 4. The first-order valence-electron chi connectivity index (χ1n) is 8.13. The van der Waals surface area contributed by atoms with E-state index in [0.717, 1.165) is 44.1 Å². The second kappa shape index (κ2) is 6.51. The summed E-state index contributed by atoms with van der Waals surface area (Å²) in [6, 6.07) is 5.54. The SMILES string of the molecule is O=C(CC1CCN(C2CC2)CC1)Nc1cccc(C(F)(F)F)c1. The molecule has 0 bridgehead atoms. The van der Waals surface area contributed by atoms with Gasteiger partial charge in [-0.2, -0.15) is 13.2 Å². The molecule has 23 heavy (non-hydrogen) atoms. The Bertz CT molecular complexity index is 561. The van der Waals surface area contributed by atoms with Gasteiger partial charge in [0.15, 0.2) is 0 Å². The highest BCUT2D eigenvalue weighted by atomic mass is 19.4. The van der Waals surface area contributed by atoms with E-state index in [1.165, 1.54) is 25.0 Å². The summed E-state index contributed by atoms with van der Waals surface area (Å²) in [5.74, 6) is 0.130. The lowest BCUT2D eigenvalue weighted by atomic mass is 9.93. The maximum absolute atomic E-state index is 12.7. The molecule has 0 spiro atoms. The predicted octanol–water partition coefficient (Wildman–Crippen LogP) is 3.91. The largest absolute Gasteiger partial charge is 0.416 e. The first kappa shape index (κ1) is 16.3. The van der Waals surface area contributed by atoms with Crippen molar-refractivity contribution in [2.75, 3.05) is 18.4 Å². The van der Waals surface area contributed by atoms with E-state index in [2.05, 4.69) is 10.2 Å². The molecule has 1 aliphatic carbocycles. The number of nitrogens with zero attached hydrogens (tertiary/aromatic N) is 1. The summed E-state index contributed by atoms with van der Waals surface area (Å²) in [6.07, 6.45) is 0.561. The van der Waals surface area contributed by atoms with E-state index in [-0.39, 0.29) is 11.6 Å². The van der Waals surface area contributed by atoms with Gasteiger partial charge in [0, 0.05) is 18.2 Å². The van der Waals surface area contributed by atoms with E-state index in [1.54, 1.807) is 0 Å². The Morgan fingerprint density at radius 1 is 1.17 bits per heavy atom. The molecule has 0 aromatic heterocycles. The zero-order valence-electron chi connectivity index (χ0n) is 12.9. The molecule has 6 heteroatoms. The summed E-state index contributed by atoms with van der Waals surface area (Å²) in [6.45, 7) is 2.07.